The highest BCUT2D eigenvalue weighted by Crippen LogP contribution is 2.03. The number of aliphatic carboxylic acids is 2. The number of carboxylic acid groups (broad SMARTS) is 2. The average Bonchev–Trinajstić information content (AvgIpc) is 2.80. The van der Waals surface area contributed by atoms with Gasteiger partial charge in [-0.25, -0.2) is 0 Å². The average molecular weight is 264 g/mol. The molecule has 1 rings (SSSR count). The van der Waals surface area contributed by atoms with Gasteiger partial charge in [-0.3, -0.25) is 9.59 Å². The zero-order valence-electron chi connectivity index (χ0n) is 9.89. The molecule has 0 aromatic carbocycles. The Hall–Kier alpha value is -0.790. The summed E-state index contributed by atoms with van der Waals surface area (Å²) in [6.07, 6.45) is 4.26. The normalized spacial score (nSPS) is 20.2. The Kier molecular flexibility index (Phi) is 8.83. The lowest BCUT2D eigenvalue weighted by molar-refractivity contribution is -0.139. The molecule has 7 heteroatoms. The lowest BCUT2D eigenvalue weighted by atomic mass is 10.2. The fourth-order valence-electron chi connectivity index (χ4n) is 1.26. The van der Waals surface area contributed by atoms with E-state index < -0.39 is 18.0 Å². The molecule has 0 aliphatic carbocycles. The second kappa shape index (κ2) is 9.26. The van der Waals surface area contributed by atoms with Gasteiger partial charge in [-0.05, 0) is 37.8 Å². The van der Waals surface area contributed by atoms with Crippen LogP contribution in [0.4, 0.5) is 0 Å². The van der Waals surface area contributed by atoms with Gasteiger partial charge in [0.1, 0.15) is 12.1 Å². The summed E-state index contributed by atoms with van der Waals surface area (Å²) in [6, 6.07) is -0.951. The molecular formula is C10H20N2O4S. The Labute approximate surface area is 105 Å². The first kappa shape index (κ1) is 16.2. The molecule has 0 radical (unpaired) electrons. The van der Waals surface area contributed by atoms with Crippen molar-refractivity contribution in [3.8, 4) is 0 Å². The van der Waals surface area contributed by atoms with Crippen LogP contribution in [-0.2, 0) is 9.59 Å². The van der Waals surface area contributed by atoms with Crippen molar-refractivity contribution in [1.82, 2.24) is 5.32 Å². The van der Waals surface area contributed by atoms with Gasteiger partial charge >= 0.3 is 11.9 Å². The second-order valence-electron chi connectivity index (χ2n) is 3.71. The van der Waals surface area contributed by atoms with Gasteiger partial charge in [-0.15, -0.1) is 0 Å². The maximum absolute atomic E-state index is 10.1. The number of nitrogens with one attached hydrogen (secondary N) is 1. The van der Waals surface area contributed by atoms with Crippen LogP contribution in [0.25, 0.3) is 0 Å². The third kappa shape index (κ3) is 8.00. The van der Waals surface area contributed by atoms with Gasteiger partial charge in [0.2, 0.25) is 0 Å². The Morgan fingerprint density at radius 3 is 2.47 bits per heavy atom. The van der Waals surface area contributed by atoms with Gasteiger partial charge in [0.15, 0.2) is 0 Å². The molecule has 5 N–H and O–H groups in total. The monoisotopic (exact) mass is 264 g/mol. The molecule has 0 aromatic heterocycles. The van der Waals surface area contributed by atoms with Crippen molar-refractivity contribution in [2.75, 3.05) is 18.6 Å². The highest BCUT2D eigenvalue weighted by molar-refractivity contribution is 7.98. The van der Waals surface area contributed by atoms with Gasteiger partial charge in [-0.1, -0.05) is 0 Å². The SMILES string of the molecule is CSCC[C@@H](N)C(=O)O.O=C(O)[C@H]1CCCN1. The van der Waals surface area contributed by atoms with Gasteiger partial charge in [0.25, 0.3) is 0 Å². The van der Waals surface area contributed by atoms with Gasteiger partial charge in [-0.2, -0.15) is 11.8 Å². The number of carbonyl (C=O) groups is 2. The third-order valence-corrected chi connectivity index (χ3v) is 2.95. The molecule has 1 fully saturated rings. The fourth-order valence-corrected chi connectivity index (χ4v) is 1.75. The summed E-state index contributed by atoms with van der Waals surface area (Å²) in [5.41, 5.74) is 5.19. The molecule has 0 saturated carbocycles. The molecule has 0 spiro atoms. The summed E-state index contributed by atoms with van der Waals surface area (Å²) in [7, 11) is 0. The maximum atomic E-state index is 10.1. The van der Waals surface area contributed by atoms with Crippen LogP contribution in [0.3, 0.4) is 0 Å². The summed E-state index contributed by atoms with van der Waals surface area (Å²) in [6.45, 7) is 0.858. The first-order valence-electron chi connectivity index (χ1n) is 5.42. The highest BCUT2D eigenvalue weighted by Gasteiger charge is 2.20. The van der Waals surface area contributed by atoms with Gasteiger partial charge < -0.3 is 21.3 Å². The molecular weight excluding hydrogens is 244 g/mol. The van der Waals surface area contributed by atoms with Crippen LogP contribution in [0.15, 0.2) is 0 Å². The first-order valence-corrected chi connectivity index (χ1v) is 6.82. The molecule has 0 bridgehead atoms. The zero-order chi connectivity index (χ0) is 13.3. The summed E-state index contributed by atoms with van der Waals surface area (Å²) in [5.74, 6) is -0.820. The Balaban J connectivity index is 0.000000302. The van der Waals surface area contributed by atoms with E-state index in [1.807, 2.05) is 6.26 Å². The Morgan fingerprint density at radius 1 is 1.53 bits per heavy atom. The van der Waals surface area contributed by atoms with Gasteiger partial charge in [0.05, 0.1) is 0 Å². The van der Waals surface area contributed by atoms with Crippen molar-refractivity contribution in [2.45, 2.75) is 31.3 Å². The minimum absolute atomic E-state index is 0.269. The van der Waals surface area contributed by atoms with Crippen LogP contribution in [0.5, 0.6) is 0 Å². The molecule has 1 heterocycles. The van der Waals surface area contributed by atoms with E-state index in [9.17, 15) is 9.59 Å². The van der Waals surface area contributed by atoms with Crippen molar-refractivity contribution in [2.24, 2.45) is 5.73 Å². The second-order valence-corrected chi connectivity index (χ2v) is 4.70. The predicted molar refractivity (Wildman–Crippen MR) is 67.3 cm³/mol. The van der Waals surface area contributed by atoms with E-state index in [1.54, 1.807) is 11.8 Å². The number of hydrogen-bond acceptors (Lipinski definition) is 5. The van der Waals surface area contributed by atoms with E-state index >= 15 is 0 Å². The first-order chi connectivity index (χ1) is 7.99. The highest BCUT2D eigenvalue weighted by atomic mass is 32.2. The van der Waals surface area contributed by atoms with E-state index in [-0.39, 0.29) is 6.04 Å². The van der Waals surface area contributed by atoms with E-state index in [2.05, 4.69) is 5.32 Å². The minimum Gasteiger partial charge on any atom is -0.480 e. The maximum Gasteiger partial charge on any atom is 0.320 e. The van der Waals surface area contributed by atoms with Crippen molar-refractivity contribution in [3.05, 3.63) is 0 Å². The van der Waals surface area contributed by atoms with Gasteiger partial charge in [0, 0.05) is 0 Å². The van der Waals surface area contributed by atoms with Crippen molar-refractivity contribution >= 4 is 23.7 Å². The number of rotatable bonds is 5. The lowest BCUT2D eigenvalue weighted by Crippen LogP contribution is -2.30. The number of thioether (sulfide) groups is 1. The molecule has 1 aliphatic rings. The van der Waals surface area contributed by atoms with Crippen LogP contribution < -0.4 is 11.1 Å². The standard InChI is InChI=1S/C5H11NO2S.C5H9NO2/c1-9-3-2-4(6)5(7)8;7-5(8)4-2-1-3-6-4/h4H,2-3,6H2,1H3,(H,7,8);4,6H,1-3H2,(H,7,8)/t2*4-/m11/s1. The Bertz CT molecular complexity index is 244. The van der Waals surface area contributed by atoms with E-state index in [0.29, 0.717) is 6.42 Å². The summed E-state index contributed by atoms with van der Waals surface area (Å²) in [4.78, 5) is 20.2. The molecule has 100 valence electrons. The summed E-state index contributed by atoms with van der Waals surface area (Å²) < 4.78 is 0. The summed E-state index contributed by atoms with van der Waals surface area (Å²) >= 11 is 1.60. The van der Waals surface area contributed by atoms with Crippen LogP contribution >= 0.6 is 11.8 Å². The quantitative estimate of drug-likeness (QED) is 0.551. The third-order valence-electron chi connectivity index (χ3n) is 2.31. The van der Waals surface area contributed by atoms with Crippen molar-refractivity contribution in [3.63, 3.8) is 0 Å². The molecule has 0 unspecified atom stereocenters. The van der Waals surface area contributed by atoms with E-state index in [0.717, 1.165) is 25.1 Å². The Morgan fingerprint density at radius 2 is 2.18 bits per heavy atom. The molecule has 17 heavy (non-hydrogen) atoms. The van der Waals surface area contributed by atoms with Crippen molar-refractivity contribution < 1.29 is 19.8 Å². The smallest absolute Gasteiger partial charge is 0.320 e. The van der Waals surface area contributed by atoms with Crippen molar-refractivity contribution in [1.29, 1.82) is 0 Å². The molecule has 0 aromatic rings. The number of nitrogens with two attached hydrogens (primary N) is 1. The zero-order valence-corrected chi connectivity index (χ0v) is 10.7. The van der Waals surface area contributed by atoms with Crippen LogP contribution in [0, 0.1) is 0 Å². The van der Waals surface area contributed by atoms with Crippen LogP contribution in [0.2, 0.25) is 0 Å². The van der Waals surface area contributed by atoms with Crippen LogP contribution in [0.1, 0.15) is 19.3 Å². The topological polar surface area (TPSA) is 113 Å². The number of hydrogen-bond donors (Lipinski definition) is 4. The molecule has 1 saturated heterocycles. The number of carboxylic acids is 2. The molecule has 0 amide bonds. The predicted octanol–water partition coefficient (Wildman–Crippen LogP) is -0.0256. The fraction of sp³-hybridized carbons (Fsp3) is 0.800. The van der Waals surface area contributed by atoms with E-state index in [1.165, 1.54) is 0 Å². The van der Waals surface area contributed by atoms with E-state index in [4.69, 9.17) is 15.9 Å². The summed E-state index contributed by atoms with van der Waals surface area (Å²) in [5, 5.41) is 19.5. The molecule has 1 aliphatic heterocycles. The molecule has 6 nitrogen and oxygen atoms in total. The molecule has 2 atom stereocenters. The minimum atomic E-state index is -0.913. The lowest BCUT2D eigenvalue weighted by Gasteiger charge is -2.02. The van der Waals surface area contributed by atoms with Crippen LogP contribution in [-0.4, -0.2) is 52.8 Å². The largest absolute Gasteiger partial charge is 0.480 e.